The molecule has 0 spiro atoms. The summed E-state index contributed by atoms with van der Waals surface area (Å²) in [5.41, 5.74) is 0.247. The summed E-state index contributed by atoms with van der Waals surface area (Å²) in [5, 5.41) is 2.30. The summed E-state index contributed by atoms with van der Waals surface area (Å²) < 4.78 is 17.6. The minimum Gasteiger partial charge on any atom is -0.359 e. The molecule has 19 heavy (non-hydrogen) atoms. The van der Waals surface area contributed by atoms with Crippen molar-refractivity contribution in [3.63, 3.8) is 0 Å². The zero-order valence-corrected chi connectivity index (χ0v) is 10.4. The van der Waals surface area contributed by atoms with Crippen molar-refractivity contribution in [2.24, 2.45) is 0 Å². The van der Waals surface area contributed by atoms with Crippen LogP contribution in [0.15, 0.2) is 24.3 Å². The fraction of sp³-hybridized carbons (Fsp3) is 0.385. The number of rotatable bonds is 1. The molecule has 1 N–H and O–H groups in total. The highest BCUT2D eigenvalue weighted by molar-refractivity contribution is 5.92. The second-order valence-electron chi connectivity index (χ2n) is 4.34. The van der Waals surface area contributed by atoms with Crippen LogP contribution in [0.3, 0.4) is 0 Å². The minimum absolute atomic E-state index is 0.247. The number of halogens is 1. The van der Waals surface area contributed by atoms with Gasteiger partial charge in [0.15, 0.2) is 0 Å². The summed E-state index contributed by atoms with van der Waals surface area (Å²) in [6.45, 7) is 1.21. The predicted molar refractivity (Wildman–Crippen MR) is 67.3 cm³/mol. The van der Waals surface area contributed by atoms with Gasteiger partial charge in [0.1, 0.15) is 5.82 Å². The molecule has 2 amide bonds. The molecule has 1 aromatic carbocycles. The Hall–Kier alpha value is -2.11. The van der Waals surface area contributed by atoms with Crippen molar-refractivity contribution in [3.05, 3.63) is 30.1 Å². The maximum Gasteiger partial charge on any atom is 0.420 e. The van der Waals surface area contributed by atoms with Crippen LogP contribution < -0.4 is 5.32 Å². The monoisotopic (exact) mass is 266 g/mol. The summed E-state index contributed by atoms with van der Waals surface area (Å²) in [5.74, 6) is -0.472. The maximum absolute atomic E-state index is 12.9. The van der Waals surface area contributed by atoms with Crippen LogP contribution in [-0.2, 0) is 4.74 Å². The van der Waals surface area contributed by atoms with Gasteiger partial charge in [0.2, 0.25) is 0 Å². The number of anilines is 1. The number of carbonyl (C=O) groups excluding carboxylic acids is 2. The van der Waals surface area contributed by atoms with Gasteiger partial charge < -0.3 is 9.64 Å². The van der Waals surface area contributed by atoms with Crippen molar-refractivity contribution >= 4 is 17.9 Å². The third-order valence-electron chi connectivity index (χ3n) is 2.87. The van der Waals surface area contributed by atoms with Crippen LogP contribution in [0.4, 0.5) is 19.7 Å². The van der Waals surface area contributed by atoms with Gasteiger partial charge in [-0.1, -0.05) is 6.07 Å². The molecule has 2 rings (SSSR count). The van der Waals surface area contributed by atoms with Gasteiger partial charge >= 0.3 is 12.2 Å². The molecule has 0 aliphatic carbocycles. The van der Waals surface area contributed by atoms with Crippen LogP contribution in [0.5, 0.6) is 0 Å². The SMILES string of the molecule is O=C(Nc1cccc(F)c1)OC(=O)N1CCCCC1. The van der Waals surface area contributed by atoms with Gasteiger partial charge in [-0.05, 0) is 37.5 Å². The number of nitrogens with one attached hydrogen (secondary N) is 1. The molecule has 5 nitrogen and oxygen atoms in total. The first-order chi connectivity index (χ1) is 9.15. The highest BCUT2D eigenvalue weighted by Crippen LogP contribution is 2.12. The Kier molecular flexibility index (Phi) is 4.33. The van der Waals surface area contributed by atoms with Gasteiger partial charge in [0.25, 0.3) is 0 Å². The van der Waals surface area contributed by atoms with Gasteiger partial charge in [-0.25, -0.2) is 14.0 Å². The molecule has 6 heteroatoms. The van der Waals surface area contributed by atoms with Crippen LogP contribution in [-0.4, -0.2) is 30.2 Å². The standard InChI is InChI=1S/C13H15FN2O3/c14-10-5-4-6-11(9-10)15-12(17)19-13(18)16-7-2-1-3-8-16/h4-6,9H,1-3,7-8H2,(H,15,17). The van der Waals surface area contributed by atoms with E-state index in [2.05, 4.69) is 10.1 Å². The Morgan fingerprint density at radius 3 is 2.63 bits per heavy atom. The van der Waals surface area contributed by atoms with E-state index in [0.717, 1.165) is 25.3 Å². The average molecular weight is 266 g/mol. The molecule has 0 radical (unpaired) electrons. The van der Waals surface area contributed by atoms with Crippen molar-refractivity contribution in [1.82, 2.24) is 4.90 Å². The Morgan fingerprint density at radius 2 is 1.95 bits per heavy atom. The number of hydrogen-bond acceptors (Lipinski definition) is 3. The Bertz CT molecular complexity index is 473. The van der Waals surface area contributed by atoms with E-state index < -0.39 is 18.0 Å². The highest BCUT2D eigenvalue weighted by atomic mass is 19.1. The fourth-order valence-electron chi connectivity index (χ4n) is 1.93. The van der Waals surface area contributed by atoms with Crippen molar-refractivity contribution in [2.45, 2.75) is 19.3 Å². The zero-order valence-electron chi connectivity index (χ0n) is 10.4. The largest absolute Gasteiger partial charge is 0.420 e. The van der Waals surface area contributed by atoms with E-state index in [9.17, 15) is 14.0 Å². The van der Waals surface area contributed by atoms with Crippen LogP contribution in [0.2, 0.25) is 0 Å². The number of carbonyl (C=O) groups is 2. The summed E-state index contributed by atoms with van der Waals surface area (Å²) >= 11 is 0. The summed E-state index contributed by atoms with van der Waals surface area (Å²) in [7, 11) is 0. The highest BCUT2D eigenvalue weighted by Gasteiger charge is 2.20. The second-order valence-corrected chi connectivity index (χ2v) is 4.34. The van der Waals surface area contributed by atoms with Gasteiger partial charge in [-0.3, -0.25) is 5.32 Å². The summed E-state index contributed by atoms with van der Waals surface area (Å²) in [6, 6.07) is 5.37. The number of amides is 2. The third kappa shape index (κ3) is 3.94. The normalized spacial score (nSPS) is 14.9. The molecule has 1 aliphatic heterocycles. The molecule has 1 aliphatic rings. The van der Waals surface area contributed by atoms with E-state index in [1.54, 1.807) is 0 Å². The molecule has 0 unspecified atom stereocenters. The van der Waals surface area contributed by atoms with Gasteiger partial charge in [-0.2, -0.15) is 0 Å². The molecule has 0 atom stereocenters. The van der Waals surface area contributed by atoms with E-state index in [4.69, 9.17) is 0 Å². The smallest absolute Gasteiger partial charge is 0.359 e. The van der Waals surface area contributed by atoms with Crippen molar-refractivity contribution < 1.29 is 18.7 Å². The maximum atomic E-state index is 12.9. The van der Waals surface area contributed by atoms with Crippen LogP contribution >= 0.6 is 0 Å². The van der Waals surface area contributed by atoms with E-state index in [-0.39, 0.29) is 5.69 Å². The topological polar surface area (TPSA) is 58.6 Å². The molecular formula is C13H15FN2O3. The summed E-state index contributed by atoms with van der Waals surface area (Å²) in [6.07, 6.45) is 1.36. The van der Waals surface area contributed by atoms with Gasteiger partial charge in [0.05, 0.1) is 0 Å². The van der Waals surface area contributed by atoms with Gasteiger partial charge in [0, 0.05) is 18.8 Å². The molecular weight excluding hydrogens is 251 g/mol. The number of piperidine rings is 1. The van der Waals surface area contributed by atoms with Gasteiger partial charge in [-0.15, -0.1) is 0 Å². The first kappa shape index (κ1) is 13.3. The molecule has 102 valence electrons. The lowest BCUT2D eigenvalue weighted by atomic mass is 10.1. The fourth-order valence-corrected chi connectivity index (χ4v) is 1.93. The molecule has 1 saturated heterocycles. The Labute approximate surface area is 110 Å². The predicted octanol–water partition coefficient (Wildman–Crippen LogP) is 2.98. The second kappa shape index (κ2) is 6.17. The lowest BCUT2D eigenvalue weighted by molar-refractivity contribution is 0.117. The number of likely N-dealkylation sites (tertiary alicyclic amines) is 1. The molecule has 0 aromatic heterocycles. The lowest BCUT2D eigenvalue weighted by Gasteiger charge is -2.25. The van der Waals surface area contributed by atoms with E-state index >= 15 is 0 Å². The van der Waals surface area contributed by atoms with E-state index in [0.29, 0.717) is 13.1 Å². The first-order valence-electron chi connectivity index (χ1n) is 6.18. The number of nitrogens with zero attached hydrogens (tertiary/aromatic N) is 1. The Morgan fingerprint density at radius 1 is 1.21 bits per heavy atom. The molecule has 0 saturated carbocycles. The zero-order chi connectivity index (χ0) is 13.7. The average Bonchev–Trinajstić information content (AvgIpc) is 2.39. The third-order valence-corrected chi connectivity index (χ3v) is 2.87. The lowest BCUT2D eigenvalue weighted by Crippen LogP contribution is -2.37. The van der Waals surface area contributed by atoms with Crippen LogP contribution in [0.25, 0.3) is 0 Å². The molecule has 0 bridgehead atoms. The van der Waals surface area contributed by atoms with Crippen molar-refractivity contribution in [3.8, 4) is 0 Å². The number of hydrogen-bond donors (Lipinski definition) is 1. The Balaban J connectivity index is 1.85. The van der Waals surface area contributed by atoms with Crippen LogP contribution in [0.1, 0.15) is 19.3 Å². The molecule has 1 heterocycles. The summed E-state index contributed by atoms with van der Waals surface area (Å²) in [4.78, 5) is 24.6. The quantitative estimate of drug-likeness (QED) is 0.795. The van der Waals surface area contributed by atoms with E-state index in [1.807, 2.05) is 0 Å². The van der Waals surface area contributed by atoms with Crippen molar-refractivity contribution in [2.75, 3.05) is 18.4 Å². The van der Waals surface area contributed by atoms with Crippen LogP contribution in [0, 0.1) is 5.82 Å². The van der Waals surface area contributed by atoms with E-state index in [1.165, 1.54) is 23.1 Å². The first-order valence-corrected chi connectivity index (χ1v) is 6.18. The number of benzene rings is 1. The van der Waals surface area contributed by atoms with Crippen molar-refractivity contribution in [1.29, 1.82) is 0 Å². The number of ether oxygens (including phenoxy) is 1. The minimum atomic E-state index is -0.902. The molecule has 1 aromatic rings. The molecule has 1 fully saturated rings.